The number of nitrogens with one attached hydrogen (secondary N) is 1. The van der Waals surface area contributed by atoms with E-state index in [1.54, 1.807) is 0 Å². The minimum atomic E-state index is 0.806. The summed E-state index contributed by atoms with van der Waals surface area (Å²) in [6.45, 7) is 0. The molecule has 1 N–H and O–H groups in total. The van der Waals surface area contributed by atoms with Gasteiger partial charge in [-0.3, -0.25) is 0 Å². The Balaban J connectivity index is 2.48. The maximum Gasteiger partial charge on any atom is 0.0416 e. The van der Waals surface area contributed by atoms with Crippen molar-refractivity contribution in [2.24, 2.45) is 0 Å². The molecule has 2 heteroatoms. The zero-order chi connectivity index (χ0) is 7.68. The van der Waals surface area contributed by atoms with Crippen LogP contribution in [0.2, 0.25) is 5.02 Å². The number of benzene rings is 1. The number of halogens is 1. The largest absolute Gasteiger partial charge is 0.362 e. The van der Waals surface area contributed by atoms with Crippen molar-refractivity contribution in [2.75, 3.05) is 5.32 Å². The van der Waals surface area contributed by atoms with Gasteiger partial charge in [0.15, 0.2) is 0 Å². The summed E-state index contributed by atoms with van der Waals surface area (Å²) in [5.74, 6) is 0. The fourth-order valence-corrected chi connectivity index (χ4v) is 1.40. The molecule has 0 fully saturated rings. The first-order valence-corrected chi connectivity index (χ1v) is 3.94. The van der Waals surface area contributed by atoms with Crippen molar-refractivity contribution in [3.05, 3.63) is 41.1 Å². The van der Waals surface area contributed by atoms with Crippen molar-refractivity contribution in [2.45, 2.75) is 6.42 Å². The first-order valence-electron chi connectivity index (χ1n) is 3.56. The van der Waals surface area contributed by atoms with Crippen LogP contribution >= 0.6 is 11.6 Å². The molecular weight excluding hydrogens is 158 g/mol. The van der Waals surface area contributed by atoms with Crippen LogP contribution in [0.4, 0.5) is 5.69 Å². The highest BCUT2D eigenvalue weighted by Gasteiger charge is 2.03. The van der Waals surface area contributed by atoms with Crippen LogP contribution in [0.1, 0.15) is 5.56 Å². The molecule has 1 aromatic rings. The van der Waals surface area contributed by atoms with E-state index >= 15 is 0 Å². The molecule has 0 amide bonds. The molecule has 0 aromatic heterocycles. The van der Waals surface area contributed by atoms with Gasteiger partial charge >= 0.3 is 0 Å². The van der Waals surface area contributed by atoms with Crippen molar-refractivity contribution in [1.82, 2.24) is 0 Å². The highest BCUT2D eigenvalue weighted by atomic mass is 35.5. The summed E-state index contributed by atoms with van der Waals surface area (Å²) in [4.78, 5) is 0. The van der Waals surface area contributed by atoms with E-state index in [1.807, 2.05) is 24.4 Å². The first-order chi connectivity index (χ1) is 5.36. The highest BCUT2D eigenvalue weighted by Crippen LogP contribution is 2.23. The molecule has 2 rings (SSSR count). The summed E-state index contributed by atoms with van der Waals surface area (Å²) in [7, 11) is 0. The smallest absolute Gasteiger partial charge is 0.0416 e. The second-order valence-electron chi connectivity index (χ2n) is 2.55. The SMILES string of the molecule is Clc1ccc2c(c1)CC=CN2. The van der Waals surface area contributed by atoms with Gasteiger partial charge in [0, 0.05) is 10.7 Å². The first kappa shape index (κ1) is 6.74. The van der Waals surface area contributed by atoms with Gasteiger partial charge < -0.3 is 5.32 Å². The van der Waals surface area contributed by atoms with Crippen LogP contribution in [0.5, 0.6) is 0 Å². The van der Waals surface area contributed by atoms with E-state index in [-0.39, 0.29) is 0 Å². The molecule has 0 saturated carbocycles. The predicted molar refractivity (Wildman–Crippen MR) is 47.9 cm³/mol. The van der Waals surface area contributed by atoms with Crippen LogP contribution in [-0.2, 0) is 6.42 Å². The van der Waals surface area contributed by atoms with Crippen LogP contribution in [0, 0.1) is 0 Å². The molecule has 1 nitrogen and oxygen atoms in total. The van der Waals surface area contributed by atoms with E-state index in [2.05, 4.69) is 11.4 Å². The summed E-state index contributed by atoms with van der Waals surface area (Å²) in [6, 6.07) is 5.89. The standard InChI is InChI=1S/C9H8ClN/c10-8-3-4-9-7(6-8)2-1-5-11-9/h1,3-6,11H,2H2. The number of allylic oxidation sites excluding steroid dienone is 1. The average Bonchev–Trinajstić information content (AvgIpc) is 2.04. The van der Waals surface area contributed by atoms with Crippen molar-refractivity contribution >= 4 is 17.3 Å². The quantitative estimate of drug-likeness (QED) is 0.624. The molecule has 0 atom stereocenters. The van der Waals surface area contributed by atoms with Crippen molar-refractivity contribution < 1.29 is 0 Å². The van der Waals surface area contributed by atoms with E-state index < -0.39 is 0 Å². The molecule has 0 spiro atoms. The Morgan fingerprint density at radius 1 is 1.36 bits per heavy atom. The fraction of sp³-hybridized carbons (Fsp3) is 0.111. The predicted octanol–water partition coefficient (Wildman–Crippen LogP) is 2.82. The van der Waals surface area contributed by atoms with Crippen LogP contribution in [0.3, 0.4) is 0 Å². The molecule has 0 aliphatic carbocycles. The van der Waals surface area contributed by atoms with Gasteiger partial charge in [-0.2, -0.15) is 0 Å². The maximum atomic E-state index is 5.82. The molecule has 1 aromatic carbocycles. The van der Waals surface area contributed by atoms with Crippen LogP contribution in [0.15, 0.2) is 30.5 Å². The summed E-state index contributed by atoms with van der Waals surface area (Å²) in [5, 5.41) is 3.96. The van der Waals surface area contributed by atoms with Gasteiger partial charge in [-0.25, -0.2) is 0 Å². The Morgan fingerprint density at radius 3 is 3.18 bits per heavy atom. The van der Waals surface area contributed by atoms with Gasteiger partial charge in [-0.05, 0) is 36.4 Å². The molecule has 1 aliphatic rings. The summed E-state index contributed by atoms with van der Waals surface area (Å²) in [5.41, 5.74) is 2.43. The average molecular weight is 166 g/mol. The van der Waals surface area contributed by atoms with Gasteiger partial charge in [0.2, 0.25) is 0 Å². The molecule has 0 saturated heterocycles. The minimum absolute atomic E-state index is 0.806. The lowest BCUT2D eigenvalue weighted by Crippen LogP contribution is -1.98. The van der Waals surface area contributed by atoms with E-state index in [9.17, 15) is 0 Å². The number of hydrogen-bond acceptors (Lipinski definition) is 1. The summed E-state index contributed by atoms with van der Waals surface area (Å²) >= 11 is 5.82. The number of anilines is 1. The van der Waals surface area contributed by atoms with Gasteiger partial charge in [-0.15, -0.1) is 0 Å². The second kappa shape index (κ2) is 2.59. The molecular formula is C9H8ClN. The third-order valence-corrected chi connectivity index (χ3v) is 2.00. The zero-order valence-electron chi connectivity index (χ0n) is 5.97. The summed E-state index contributed by atoms with van der Waals surface area (Å²) in [6.07, 6.45) is 5.01. The van der Waals surface area contributed by atoms with E-state index in [0.29, 0.717) is 0 Å². The fourth-order valence-electron chi connectivity index (χ4n) is 1.21. The molecule has 1 heterocycles. The third kappa shape index (κ3) is 1.24. The monoisotopic (exact) mass is 165 g/mol. The Morgan fingerprint density at radius 2 is 2.27 bits per heavy atom. The maximum absolute atomic E-state index is 5.82. The Bertz CT molecular complexity index is 304. The molecule has 56 valence electrons. The molecule has 1 aliphatic heterocycles. The Labute approximate surface area is 70.7 Å². The highest BCUT2D eigenvalue weighted by molar-refractivity contribution is 6.30. The number of hydrogen-bond donors (Lipinski definition) is 1. The zero-order valence-corrected chi connectivity index (χ0v) is 6.73. The number of fused-ring (bicyclic) bond motifs is 1. The molecule has 11 heavy (non-hydrogen) atoms. The van der Waals surface area contributed by atoms with Gasteiger partial charge in [0.1, 0.15) is 0 Å². The second-order valence-corrected chi connectivity index (χ2v) is 2.99. The van der Waals surface area contributed by atoms with E-state index in [1.165, 1.54) is 5.56 Å². The molecule has 0 unspecified atom stereocenters. The lowest BCUT2D eigenvalue weighted by molar-refractivity contribution is 1.22. The lowest BCUT2D eigenvalue weighted by Gasteiger charge is -2.11. The van der Waals surface area contributed by atoms with E-state index in [0.717, 1.165) is 17.1 Å². The van der Waals surface area contributed by atoms with Gasteiger partial charge in [0.25, 0.3) is 0 Å². The summed E-state index contributed by atoms with van der Waals surface area (Å²) < 4.78 is 0. The lowest BCUT2D eigenvalue weighted by atomic mass is 10.1. The van der Waals surface area contributed by atoms with Crippen LogP contribution in [0.25, 0.3) is 0 Å². The molecule has 0 bridgehead atoms. The number of rotatable bonds is 0. The van der Waals surface area contributed by atoms with Crippen molar-refractivity contribution in [3.8, 4) is 0 Å². The Kier molecular flexibility index (Phi) is 1.59. The third-order valence-electron chi connectivity index (χ3n) is 1.76. The minimum Gasteiger partial charge on any atom is -0.362 e. The normalized spacial score (nSPS) is 13.9. The Hall–Kier alpha value is -0.950. The van der Waals surface area contributed by atoms with Gasteiger partial charge in [0.05, 0.1) is 0 Å². The topological polar surface area (TPSA) is 12.0 Å². The van der Waals surface area contributed by atoms with Crippen molar-refractivity contribution in [3.63, 3.8) is 0 Å². The van der Waals surface area contributed by atoms with Crippen LogP contribution < -0.4 is 5.32 Å². The van der Waals surface area contributed by atoms with Crippen LogP contribution in [-0.4, -0.2) is 0 Å². The van der Waals surface area contributed by atoms with E-state index in [4.69, 9.17) is 11.6 Å². The van der Waals surface area contributed by atoms with Gasteiger partial charge in [-0.1, -0.05) is 17.7 Å². The molecule has 0 radical (unpaired) electrons. The van der Waals surface area contributed by atoms with Crippen molar-refractivity contribution in [1.29, 1.82) is 0 Å².